The molecule has 0 aliphatic carbocycles. The average Bonchev–Trinajstić information content (AvgIpc) is 3.19. The molecule has 10 nitrogen and oxygen atoms in total. The third-order valence-corrected chi connectivity index (χ3v) is 2.52. The minimum Gasteiger partial charge on any atom is -0.468 e. The molecule has 0 saturated heterocycles. The topological polar surface area (TPSA) is 137 Å². The number of carbonyl (C=O) groups is 3. The van der Waals surface area contributed by atoms with E-state index >= 15 is 0 Å². The molecule has 10 heteroatoms. The smallest absolute Gasteiger partial charge is 0.325 e. The largest absolute Gasteiger partial charge is 0.468 e. The Hall–Kier alpha value is -3.17. The first-order valence-corrected chi connectivity index (χ1v) is 6.07. The lowest BCUT2D eigenvalue weighted by Gasteiger charge is -2.05. The van der Waals surface area contributed by atoms with E-state index in [9.17, 15) is 14.4 Å². The number of methoxy groups -OCH3 is 1. The number of amides is 2. The summed E-state index contributed by atoms with van der Waals surface area (Å²) in [5.74, 6) is -1.64. The van der Waals surface area contributed by atoms with Crippen LogP contribution in [0.1, 0.15) is 10.5 Å². The van der Waals surface area contributed by atoms with Gasteiger partial charge in [-0.3, -0.25) is 14.4 Å². The van der Waals surface area contributed by atoms with Crippen molar-refractivity contribution in [3.63, 3.8) is 0 Å². The highest BCUT2D eigenvalue weighted by atomic mass is 16.5. The highest BCUT2D eigenvalue weighted by Gasteiger charge is 2.20. The first-order valence-electron chi connectivity index (χ1n) is 6.07. The molecule has 0 radical (unpaired) electrons. The molecular formula is C12H12N4O6. The third kappa shape index (κ3) is 3.69. The van der Waals surface area contributed by atoms with E-state index in [-0.39, 0.29) is 24.5 Å². The minimum absolute atomic E-state index is 0.0327. The predicted octanol–water partition coefficient (Wildman–Crippen LogP) is -0.651. The van der Waals surface area contributed by atoms with Gasteiger partial charge in [0.15, 0.2) is 23.5 Å². The zero-order valence-electron chi connectivity index (χ0n) is 11.5. The number of hydrogen-bond donors (Lipinski definition) is 2. The second-order valence-electron chi connectivity index (χ2n) is 3.95. The van der Waals surface area contributed by atoms with Gasteiger partial charge in [0.2, 0.25) is 5.91 Å². The van der Waals surface area contributed by atoms with Crippen LogP contribution in [0.4, 0.5) is 0 Å². The van der Waals surface area contributed by atoms with Crippen LogP contribution in [0.25, 0.3) is 11.5 Å². The lowest BCUT2D eigenvalue weighted by molar-refractivity contribution is -0.141. The van der Waals surface area contributed by atoms with Crippen LogP contribution < -0.4 is 10.6 Å². The molecule has 22 heavy (non-hydrogen) atoms. The standard InChI is InChI=1S/C12H12N4O6/c1-20-9(18)5-13-8(17)4-14-12(19)10-11(21-6-15-10)7-2-3-22-16-7/h2-3,6H,4-5H2,1H3,(H,13,17)(H,14,19). The molecule has 0 aromatic carbocycles. The molecule has 0 aliphatic rings. The molecule has 0 spiro atoms. The van der Waals surface area contributed by atoms with E-state index in [1.54, 1.807) is 0 Å². The molecule has 0 unspecified atom stereocenters. The van der Waals surface area contributed by atoms with E-state index in [0.29, 0.717) is 5.69 Å². The summed E-state index contributed by atoms with van der Waals surface area (Å²) in [4.78, 5) is 38.0. The number of aromatic nitrogens is 2. The molecule has 0 atom stereocenters. The number of esters is 1. The fourth-order valence-electron chi connectivity index (χ4n) is 1.47. The molecule has 0 saturated carbocycles. The first-order chi connectivity index (χ1) is 10.6. The van der Waals surface area contributed by atoms with Gasteiger partial charge in [0.25, 0.3) is 5.91 Å². The zero-order chi connectivity index (χ0) is 15.9. The van der Waals surface area contributed by atoms with Crippen molar-refractivity contribution in [2.24, 2.45) is 0 Å². The van der Waals surface area contributed by atoms with Crippen molar-refractivity contribution in [3.8, 4) is 11.5 Å². The van der Waals surface area contributed by atoms with Gasteiger partial charge in [0.05, 0.1) is 13.7 Å². The molecule has 2 amide bonds. The van der Waals surface area contributed by atoms with Gasteiger partial charge in [-0.25, -0.2) is 4.98 Å². The highest BCUT2D eigenvalue weighted by molar-refractivity contribution is 5.99. The summed E-state index contributed by atoms with van der Waals surface area (Å²) in [6.07, 6.45) is 2.40. The quantitative estimate of drug-likeness (QED) is 0.672. The van der Waals surface area contributed by atoms with E-state index < -0.39 is 17.8 Å². The van der Waals surface area contributed by atoms with Crippen molar-refractivity contribution in [2.75, 3.05) is 20.2 Å². The molecule has 2 aromatic rings. The summed E-state index contributed by atoms with van der Waals surface area (Å²) >= 11 is 0. The Morgan fingerprint density at radius 2 is 2.09 bits per heavy atom. The molecule has 116 valence electrons. The zero-order valence-corrected chi connectivity index (χ0v) is 11.5. The lowest BCUT2D eigenvalue weighted by atomic mass is 10.2. The van der Waals surface area contributed by atoms with Crippen LogP contribution in [0.5, 0.6) is 0 Å². The Morgan fingerprint density at radius 1 is 1.27 bits per heavy atom. The van der Waals surface area contributed by atoms with Gasteiger partial charge in [-0.05, 0) is 0 Å². The molecule has 0 fully saturated rings. The Labute approximate surface area is 123 Å². The fraction of sp³-hybridized carbons (Fsp3) is 0.250. The van der Waals surface area contributed by atoms with E-state index in [1.807, 2.05) is 0 Å². The van der Waals surface area contributed by atoms with E-state index in [1.165, 1.54) is 19.4 Å². The van der Waals surface area contributed by atoms with Crippen molar-refractivity contribution in [1.29, 1.82) is 0 Å². The molecule has 2 rings (SSSR count). The van der Waals surface area contributed by atoms with Crippen LogP contribution in [0, 0.1) is 0 Å². The number of hydrogen-bond acceptors (Lipinski definition) is 8. The van der Waals surface area contributed by atoms with Crippen LogP contribution in [0.15, 0.2) is 27.7 Å². The maximum Gasteiger partial charge on any atom is 0.325 e. The average molecular weight is 308 g/mol. The maximum absolute atomic E-state index is 12.0. The molecular weight excluding hydrogens is 296 g/mol. The number of ether oxygens (including phenoxy) is 1. The molecule has 2 N–H and O–H groups in total. The predicted molar refractivity (Wildman–Crippen MR) is 69.4 cm³/mol. The lowest BCUT2D eigenvalue weighted by Crippen LogP contribution is -2.39. The van der Waals surface area contributed by atoms with Gasteiger partial charge in [-0.1, -0.05) is 5.16 Å². The summed E-state index contributed by atoms with van der Waals surface area (Å²) in [5, 5.41) is 8.26. The summed E-state index contributed by atoms with van der Waals surface area (Å²) < 4.78 is 14.1. The molecule has 2 heterocycles. The Bertz CT molecular complexity index is 663. The van der Waals surface area contributed by atoms with E-state index in [2.05, 4.69) is 30.0 Å². The van der Waals surface area contributed by atoms with Gasteiger partial charge >= 0.3 is 5.97 Å². The summed E-state index contributed by atoms with van der Waals surface area (Å²) in [7, 11) is 1.20. The van der Waals surface area contributed by atoms with Gasteiger partial charge < -0.3 is 24.3 Å². The first kappa shape index (κ1) is 15.2. The maximum atomic E-state index is 12.0. The number of oxazole rings is 1. The molecule has 0 aliphatic heterocycles. The number of nitrogens with one attached hydrogen (secondary N) is 2. The summed E-state index contributed by atoms with van der Waals surface area (Å²) in [5.41, 5.74) is 0.271. The summed E-state index contributed by atoms with van der Waals surface area (Å²) in [6, 6.07) is 1.50. The van der Waals surface area contributed by atoms with Crippen molar-refractivity contribution in [3.05, 3.63) is 24.4 Å². The highest BCUT2D eigenvalue weighted by Crippen LogP contribution is 2.20. The van der Waals surface area contributed by atoms with Gasteiger partial charge in [0, 0.05) is 6.07 Å². The minimum atomic E-state index is -0.625. The molecule has 2 aromatic heterocycles. The monoisotopic (exact) mass is 308 g/mol. The van der Waals surface area contributed by atoms with Crippen LogP contribution in [0.2, 0.25) is 0 Å². The Kier molecular flexibility index (Phi) is 4.85. The fourth-order valence-corrected chi connectivity index (χ4v) is 1.47. The van der Waals surface area contributed by atoms with Crippen LogP contribution >= 0.6 is 0 Å². The van der Waals surface area contributed by atoms with Crippen LogP contribution in [0.3, 0.4) is 0 Å². The normalized spacial score (nSPS) is 10.0. The second kappa shape index (κ2) is 7.02. The van der Waals surface area contributed by atoms with Crippen molar-refractivity contribution in [1.82, 2.24) is 20.8 Å². The Morgan fingerprint density at radius 3 is 2.77 bits per heavy atom. The summed E-state index contributed by atoms with van der Waals surface area (Å²) in [6.45, 7) is -0.611. The van der Waals surface area contributed by atoms with Crippen LogP contribution in [-0.2, 0) is 14.3 Å². The number of nitrogens with zero attached hydrogens (tertiary/aromatic N) is 2. The number of rotatable bonds is 6. The SMILES string of the molecule is COC(=O)CNC(=O)CNC(=O)c1ncoc1-c1ccon1. The second-order valence-corrected chi connectivity index (χ2v) is 3.95. The van der Waals surface area contributed by atoms with Crippen molar-refractivity contribution >= 4 is 17.8 Å². The Balaban J connectivity index is 1.90. The van der Waals surface area contributed by atoms with Crippen LogP contribution in [-0.4, -0.2) is 48.1 Å². The third-order valence-electron chi connectivity index (χ3n) is 2.52. The van der Waals surface area contributed by atoms with Gasteiger partial charge in [0.1, 0.15) is 12.8 Å². The molecule has 0 bridgehead atoms. The van der Waals surface area contributed by atoms with Gasteiger partial charge in [-0.15, -0.1) is 0 Å². The van der Waals surface area contributed by atoms with E-state index in [0.717, 1.165) is 6.39 Å². The number of carbonyl (C=O) groups excluding carboxylic acids is 3. The van der Waals surface area contributed by atoms with Crippen molar-refractivity contribution < 1.29 is 28.1 Å². The van der Waals surface area contributed by atoms with Gasteiger partial charge in [-0.2, -0.15) is 0 Å². The van der Waals surface area contributed by atoms with Crippen molar-refractivity contribution in [2.45, 2.75) is 0 Å². The van der Waals surface area contributed by atoms with E-state index in [4.69, 9.17) is 4.42 Å².